The van der Waals surface area contributed by atoms with Crippen molar-refractivity contribution in [2.45, 2.75) is 53.4 Å². The Bertz CT molecular complexity index is 67.1. The Morgan fingerprint density at radius 3 is 1.90 bits per heavy atom. The lowest BCUT2D eigenvalue weighted by Crippen LogP contribution is -2.08. The Morgan fingerprint density at radius 2 is 1.60 bits per heavy atom. The van der Waals surface area contributed by atoms with E-state index in [4.69, 9.17) is 0 Å². The summed E-state index contributed by atoms with van der Waals surface area (Å²) in [7, 11) is 0. The van der Waals surface area contributed by atoms with Gasteiger partial charge in [0, 0.05) is 0 Å². The standard InChI is InChI=1S/C9H20.H3N/c1-5-7-8-9(3,4)6-2;/h5-8H2,1-4H3;1H3. The fraction of sp³-hybridized carbons (Fsp3) is 1.00. The van der Waals surface area contributed by atoms with Gasteiger partial charge in [-0.15, -0.1) is 0 Å². The van der Waals surface area contributed by atoms with Gasteiger partial charge in [-0.3, -0.25) is 0 Å². The summed E-state index contributed by atoms with van der Waals surface area (Å²) in [4.78, 5) is 0. The van der Waals surface area contributed by atoms with Crippen molar-refractivity contribution in [2.24, 2.45) is 5.41 Å². The summed E-state index contributed by atoms with van der Waals surface area (Å²) < 4.78 is 0. The summed E-state index contributed by atoms with van der Waals surface area (Å²) in [6.45, 7) is 9.23. The van der Waals surface area contributed by atoms with E-state index in [-0.39, 0.29) is 6.15 Å². The maximum atomic E-state index is 2.35. The van der Waals surface area contributed by atoms with Crippen LogP contribution in [0.25, 0.3) is 0 Å². The Balaban J connectivity index is 0. The summed E-state index contributed by atoms with van der Waals surface area (Å²) in [6, 6.07) is 0. The first-order chi connectivity index (χ1) is 4.12. The molecule has 0 amide bonds. The van der Waals surface area contributed by atoms with Crippen LogP contribution < -0.4 is 6.15 Å². The van der Waals surface area contributed by atoms with Crippen LogP contribution >= 0.6 is 0 Å². The topological polar surface area (TPSA) is 35.0 Å². The van der Waals surface area contributed by atoms with Crippen molar-refractivity contribution in [1.82, 2.24) is 6.15 Å². The summed E-state index contributed by atoms with van der Waals surface area (Å²) in [5, 5.41) is 0. The minimum Gasteiger partial charge on any atom is -0.344 e. The zero-order valence-corrected chi connectivity index (χ0v) is 8.04. The Kier molecular flexibility index (Phi) is 7.22. The highest BCUT2D eigenvalue weighted by molar-refractivity contribution is 4.64. The average molecular weight is 145 g/mol. The van der Waals surface area contributed by atoms with Crippen LogP contribution in [0.4, 0.5) is 0 Å². The third kappa shape index (κ3) is 6.09. The van der Waals surface area contributed by atoms with Crippen molar-refractivity contribution in [1.29, 1.82) is 0 Å². The third-order valence-corrected chi connectivity index (χ3v) is 2.16. The molecule has 0 heterocycles. The molecule has 0 spiro atoms. The van der Waals surface area contributed by atoms with Gasteiger partial charge in [0.2, 0.25) is 0 Å². The number of hydrogen-bond donors (Lipinski definition) is 1. The lowest BCUT2D eigenvalue weighted by molar-refractivity contribution is 0.311. The largest absolute Gasteiger partial charge is 0.344 e. The molecular formula is C9H23N. The van der Waals surface area contributed by atoms with Crippen LogP contribution in [0.5, 0.6) is 0 Å². The van der Waals surface area contributed by atoms with Crippen molar-refractivity contribution < 1.29 is 0 Å². The molecule has 0 aromatic carbocycles. The van der Waals surface area contributed by atoms with E-state index in [1.54, 1.807) is 0 Å². The first-order valence-electron chi connectivity index (χ1n) is 4.12. The predicted octanol–water partition coefficient (Wildman–Crippen LogP) is 3.77. The van der Waals surface area contributed by atoms with Crippen LogP contribution in [0.3, 0.4) is 0 Å². The highest BCUT2D eigenvalue weighted by Gasteiger charge is 2.12. The van der Waals surface area contributed by atoms with E-state index in [1.807, 2.05) is 0 Å². The number of rotatable bonds is 4. The van der Waals surface area contributed by atoms with Crippen LogP contribution in [0.1, 0.15) is 53.4 Å². The van der Waals surface area contributed by atoms with Gasteiger partial charge in [0.05, 0.1) is 0 Å². The first-order valence-corrected chi connectivity index (χ1v) is 4.12. The average Bonchev–Trinajstić information content (AvgIpc) is 1.84. The molecule has 0 atom stereocenters. The maximum absolute atomic E-state index is 2.35. The highest BCUT2D eigenvalue weighted by atomic mass is 14.2. The van der Waals surface area contributed by atoms with Crippen LogP contribution in [-0.2, 0) is 0 Å². The van der Waals surface area contributed by atoms with Gasteiger partial charge in [0.1, 0.15) is 0 Å². The van der Waals surface area contributed by atoms with E-state index in [0.29, 0.717) is 5.41 Å². The summed E-state index contributed by atoms with van der Waals surface area (Å²) in [5.74, 6) is 0. The molecule has 0 saturated carbocycles. The van der Waals surface area contributed by atoms with E-state index in [0.717, 1.165) is 0 Å². The molecule has 0 saturated heterocycles. The molecule has 3 N–H and O–H groups in total. The summed E-state index contributed by atoms with van der Waals surface area (Å²) in [5.41, 5.74) is 0.593. The molecule has 0 aliphatic heterocycles. The van der Waals surface area contributed by atoms with E-state index in [2.05, 4.69) is 27.7 Å². The molecule has 1 heteroatoms. The summed E-state index contributed by atoms with van der Waals surface area (Å²) in [6.07, 6.45) is 5.43. The Morgan fingerprint density at radius 1 is 1.10 bits per heavy atom. The van der Waals surface area contributed by atoms with Gasteiger partial charge in [-0.25, -0.2) is 0 Å². The van der Waals surface area contributed by atoms with Crippen molar-refractivity contribution >= 4 is 0 Å². The van der Waals surface area contributed by atoms with Gasteiger partial charge in [-0.1, -0.05) is 47.0 Å². The minimum atomic E-state index is 0. The third-order valence-electron chi connectivity index (χ3n) is 2.16. The van der Waals surface area contributed by atoms with Gasteiger partial charge >= 0.3 is 0 Å². The van der Waals surface area contributed by atoms with Crippen molar-refractivity contribution in [3.63, 3.8) is 0 Å². The molecule has 10 heavy (non-hydrogen) atoms. The SMILES string of the molecule is CCCCC(C)(C)CC.N. The molecule has 0 aliphatic rings. The van der Waals surface area contributed by atoms with Crippen LogP contribution in [0.15, 0.2) is 0 Å². The first kappa shape index (κ1) is 12.6. The van der Waals surface area contributed by atoms with E-state index >= 15 is 0 Å². The molecule has 0 aromatic heterocycles. The van der Waals surface area contributed by atoms with Crippen molar-refractivity contribution in [3.8, 4) is 0 Å². The van der Waals surface area contributed by atoms with Gasteiger partial charge < -0.3 is 6.15 Å². The monoisotopic (exact) mass is 145 g/mol. The maximum Gasteiger partial charge on any atom is -0.0357 e. The lowest BCUT2D eigenvalue weighted by atomic mass is 9.85. The predicted molar refractivity (Wildman–Crippen MR) is 48.6 cm³/mol. The van der Waals surface area contributed by atoms with Gasteiger partial charge in [0.15, 0.2) is 0 Å². The molecule has 0 aromatic rings. The van der Waals surface area contributed by atoms with Gasteiger partial charge in [0.25, 0.3) is 0 Å². The molecule has 0 aliphatic carbocycles. The van der Waals surface area contributed by atoms with E-state index in [9.17, 15) is 0 Å². The zero-order valence-electron chi connectivity index (χ0n) is 8.04. The molecule has 0 fully saturated rings. The molecule has 0 unspecified atom stereocenters. The molecule has 1 nitrogen and oxygen atoms in total. The number of hydrogen-bond acceptors (Lipinski definition) is 1. The normalized spacial score (nSPS) is 10.8. The lowest BCUT2D eigenvalue weighted by Gasteiger charge is -2.21. The summed E-state index contributed by atoms with van der Waals surface area (Å²) >= 11 is 0. The molecule has 64 valence electrons. The quantitative estimate of drug-likeness (QED) is 0.642. The molecule has 0 bridgehead atoms. The highest BCUT2D eigenvalue weighted by Crippen LogP contribution is 2.26. The van der Waals surface area contributed by atoms with E-state index in [1.165, 1.54) is 25.7 Å². The molecular weight excluding hydrogens is 122 g/mol. The second-order valence-corrected chi connectivity index (χ2v) is 3.62. The Labute approximate surface area is 65.8 Å². The second kappa shape index (κ2) is 5.72. The smallest absolute Gasteiger partial charge is 0.0357 e. The minimum absolute atomic E-state index is 0. The fourth-order valence-corrected chi connectivity index (χ4v) is 0.832. The van der Waals surface area contributed by atoms with Crippen LogP contribution in [0.2, 0.25) is 0 Å². The number of unbranched alkanes of at least 4 members (excludes halogenated alkanes) is 1. The van der Waals surface area contributed by atoms with Crippen LogP contribution in [-0.4, -0.2) is 0 Å². The van der Waals surface area contributed by atoms with Gasteiger partial charge in [-0.2, -0.15) is 0 Å². The van der Waals surface area contributed by atoms with Crippen molar-refractivity contribution in [2.75, 3.05) is 0 Å². The Hall–Kier alpha value is -0.0400. The van der Waals surface area contributed by atoms with Crippen LogP contribution in [0, 0.1) is 5.41 Å². The molecule has 0 radical (unpaired) electrons. The second-order valence-electron chi connectivity index (χ2n) is 3.62. The van der Waals surface area contributed by atoms with E-state index < -0.39 is 0 Å². The fourth-order valence-electron chi connectivity index (χ4n) is 0.832. The zero-order chi connectivity index (χ0) is 7.33. The van der Waals surface area contributed by atoms with Gasteiger partial charge in [-0.05, 0) is 11.8 Å². The van der Waals surface area contributed by atoms with Crippen molar-refractivity contribution in [3.05, 3.63) is 0 Å². The molecule has 0 rings (SSSR count).